The van der Waals surface area contributed by atoms with Crippen LogP contribution in [-0.4, -0.2) is 35.5 Å². The molecule has 0 unspecified atom stereocenters. The number of carbonyl (C=O) groups excluding carboxylic acids is 2. The van der Waals surface area contributed by atoms with E-state index < -0.39 is 0 Å². The minimum absolute atomic E-state index is 0.129. The van der Waals surface area contributed by atoms with E-state index in [-0.39, 0.29) is 18.9 Å². The Hall–Kier alpha value is -2.37. The molecule has 0 atom stereocenters. The molecule has 0 fully saturated rings. The van der Waals surface area contributed by atoms with Gasteiger partial charge in [-0.25, -0.2) is 4.98 Å². The van der Waals surface area contributed by atoms with E-state index in [4.69, 9.17) is 0 Å². The zero-order valence-corrected chi connectivity index (χ0v) is 10.3. The normalized spacial score (nSPS) is 9.61. The van der Waals surface area contributed by atoms with Gasteiger partial charge < -0.3 is 5.32 Å². The van der Waals surface area contributed by atoms with Crippen molar-refractivity contribution in [3.8, 4) is 0 Å². The van der Waals surface area contributed by atoms with Crippen LogP contribution in [0.4, 0.5) is 5.82 Å². The van der Waals surface area contributed by atoms with Gasteiger partial charge in [0.15, 0.2) is 0 Å². The molecule has 1 rings (SSSR count). The number of aromatic nitrogens is 2. The van der Waals surface area contributed by atoms with E-state index in [1.165, 1.54) is 17.3 Å². The first-order valence-corrected chi connectivity index (χ1v) is 5.42. The maximum Gasteiger partial charge on any atom is 0.221 e. The van der Waals surface area contributed by atoms with E-state index in [9.17, 15) is 9.59 Å². The Bertz CT molecular complexity index is 465. The fourth-order valence-corrected chi connectivity index (χ4v) is 1.48. The molecule has 0 spiro atoms. The van der Waals surface area contributed by atoms with E-state index in [1.807, 2.05) is 0 Å². The summed E-state index contributed by atoms with van der Waals surface area (Å²) in [6, 6.07) is 0. The molecule has 0 radical (unpaired) electrons. The fraction of sp³-hybridized carbons (Fsp3) is 0.250. The molecule has 0 bridgehead atoms. The van der Waals surface area contributed by atoms with Gasteiger partial charge in [-0.1, -0.05) is 13.2 Å². The van der Waals surface area contributed by atoms with Crippen LogP contribution < -0.4 is 10.2 Å². The van der Waals surface area contributed by atoms with E-state index in [2.05, 4.69) is 23.5 Å². The lowest BCUT2D eigenvalue weighted by Gasteiger charge is -2.17. The second kappa shape index (κ2) is 6.39. The van der Waals surface area contributed by atoms with Gasteiger partial charge in [0.2, 0.25) is 12.3 Å². The summed E-state index contributed by atoms with van der Waals surface area (Å²) in [5.41, 5.74) is 0. The summed E-state index contributed by atoms with van der Waals surface area (Å²) in [5, 5.41) is 2.50. The van der Waals surface area contributed by atoms with Crippen molar-refractivity contribution >= 4 is 30.4 Å². The molecule has 0 aliphatic carbocycles. The first kappa shape index (κ1) is 13.7. The van der Waals surface area contributed by atoms with E-state index >= 15 is 0 Å². The highest BCUT2D eigenvalue weighted by atomic mass is 16.2. The Morgan fingerprint density at radius 3 is 2.83 bits per heavy atom. The molecule has 0 aromatic carbocycles. The van der Waals surface area contributed by atoms with Crippen molar-refractivity contribution < 1.29 is 9.59 Å². The number of nitrogens with zero attached hydrogens (tertiary/aromatic N) is 3. The molecular formula is C12H16N4O2. The first-order valence-electron chi connectivity index (χ1n) is 5.42. The lowest BCUT2D eigenvalue weighted by atomic mass is 10.3. The number of rotatable bonds is 7. The molecule has 0 saturated carbocycles. The van der Waals surface area contributed by atoms with Crippen molar-refractivity contribution in [2.24, 2.45) is 0 Å². The second-order valence-electron chi connectivity index (χ2n) is 3.45. The highest BCUT2D eigenvalue weighted by Crippen LogP contribution is 2.17. The summed E-state index contributed by atoms with van der Waals surface area (Å²) in [6.45, 7) is 7.55. The van der Waals surface area contributed by atoms with Crippen LogP contribution >= 0.6 is 0 Å². The molecule has 18 heavy (non-hydrogen) atoms. The molecule has 6 heteroatoms. The molecule has 0 saturated heterocycles. The highest BCUT2D eigenvalue weighted by Gasteiger charge is 2.13. The van der Waals surface area contributed by atoms with Gasteiger partial charge in [-0.2, -0.15) is 0 Å². The standard InChI is InChI=1S/C12H16N4O2/c1-4-10-14-8-12(16(10)5-2)15(9-17)7-6-11(18)13-3/h4-5,8-9H,1-2,6-7H2,3H3,(H,13,18). The Morgan fingerprint density at radius 2 is 2.33 bits per heavy atom. The predicted molar refractivity (Wildman–Crippen MR) is 70.8 cm³/mol. The average Bonchev–Trinajstić information content (AvgIpc) is 2.81. The van der Waals surface area contributed by atoms with Gasteiger partial charge in [-0.15, -0.1) is 0 Å². The van der Waals surface area contributed by atoms with Crippen LogP contribution in [0.25, 0.3) is 12.3 Å². The Kier molecular flexibility index (Phi) is 4.86. The molecule has 2 amide bonds. The van der Waals surface area contributed by atoms with Crippen LogP contribution in [0.3, 0.4) is 0 Å². The van der Waals surface area contributed by atoms with Gasteiger partial charge in [-0.3, -0.25) is 19.1 Å². The van der Waals surface area contributed by atoms with Crippen LogP contribution in [0.5, 0.6) is 0 Å². The highest BCUT2D eigenvalue weighted by molar-refractivity contribution is 5.79. The van der Waals surface area contributed by atoms with Crippen molar-refractivity contribution in [3.05, 3.63) is 25.2 Å². The van der Waals surface area contributed by atoms with Crippen LogP contribution in [0.15, 0.2) is 19.4 Å². The first-order chi connectivity index (χ1) is 8.67. The van der Waals surface area contributed by atoms with E-state index in [0.717, 1.165) is 0 Å². The van der Waals surface area contributed by atoms with Crippen molar-refractivity contribution in [3.63, 3.8) is 0 Å². The average molecular weight is 248 g/mol. The van der Waals surface area contributed by atoms with E-state index in [0.29, 0.717) is 18.1 Å². The lowest BCUT2D eigenvalue weighted by molar-refractivity contribution is -0.120. The minimum atomic E-state index is -0.129. The number of hydrogen-bond acceptors (Lipinski definition) is 3. The number of nitrogens with one attached hydrogen (secondary N) is 1. The summed E-state index contributed by atoms with van der Waals surface area (Å²) in [6.07, 6.45) is 5.52. The van der Waals surface area contributed by atoms with Crippen molar-refractivity contribution in [2.45, 2.75) is 6.42 Å². The molecule has 1 heterocycles. The summed E-state index contributed by atoms with van der Waals surface area (Å²) in [4.78, 5) is 27.7. The topological polar surface area (TPSA) is 67.2 Å². The zero-order chi connectivity index (χ0) is 13.5. The SMILES string of the molecule is C=Cc1ncc(N(C=O)CCC(=O)NC)n1C=C. The number of hydrogen-bond donors (Lipinski definition) is 1. The van der Waals surface area contributed by atoms with Gasteiger partial charge in [0, 0.05) is 26.2 Å². The summed E-state index contributed by atoms with van der Waals surface area (Å²) in [5.74, 6) is 1.01. The van der Waals surface area contributed by atoms with Crippen LogP contribution in [0.1, 0.15) is 12.2 Å². The second-order valence-corrected chi connectivity index (χ2v) is 3.45. The van der Waals surface area contributed by atoms with Gasteiger partial charge in [0.25, 0.3) is 0 Å². The fourth-order valence-electron chi connectivity index (χ4n) is 1.48. The van der Waals surface area contributed by atoms with Crippen molar-refractivity contribution in [1.29, 1.82) is 0 Å². The largest absolute Gasteiger partial charge is 0.359 e. The number of carbonyl (C=O) groups is 2. The summed E-state index contributed by atoms with van der Waals surface area (Å²) in [7, 11) is 1.55. The Balaban J connectivity index is 2.91. The van der Waals surface area contributed by atoms with Crippen molar-refractivity contribution in [2.75, 3.05) is 18.5 Å². The van der Waals surface area contributed by atoms with Gasteiger partial charge in [-0.05, 0) is 6.08 Å². The molecule has 0 aliphatic rings. The van der Waals surface area contributed by atoms with Gasteiger partial charge in [0.1, 0.15) is 11.6 Å². The number of amides is 2. The molecule has 1 N–H and O–H groups in total. The molecule has 96 valence electrons. The minimum Gasteiger partial charge on any atom is -0.359 e. The van der Waals surface area contributed by atoms with E-state index in [1.54, 1.807) is 17.7 Å². The van der Waals surface area contributed by atoms with Gasteiger partial charge >= 0.3 is 0 Å². The van der Waals surface area contributed by atoms with Crippen LogP contribution in [-0.2, 0) is 9.59 Å². The summed E-state index contributed by atoms with van der Waals surface area (Å²) >= 11 is 0. The lowest BCUT2D eigenvalue weighted by Crippen LogP contribution is -2.29. The van der Waals surface area contributed by atoms with Crippen LogP contribution in [0, 0.1) is 0 Å². The third kappa shape index (κ3) is 2.85. The molecule has 6 nitrogen and oxygen atoms in total. The third-order valence-electron chi connectivity index (χ3n) is 2.45. The van der Waals surface area contributed by atoms with Crippen molar-refractivity contribution in [1.82, 2.24) is 14.9 Å². The Morgan fingerprint density at radius 1 is 1.61 bits per heavy atom. The van der Waals surface area contributed by atoms with Gasteiger partial charge in [0.05, 0.1) is 6.20 Å². The molecular weight excluding hydrogens is 232 g/mol. The molecule has 1 aromatic heterocycles. The predicted octanol–water partition coefficient (Wildman–Crippen LogP) is 0.725. The zero-order valence-electron chi connectivity index (χ0n) is 10.3. The maximum absolute atomic E-state index is 11.2. The smallest absolute Gasteiger partial charge is 0.221 e. The molecule has 1 aromatic rings. The Labute approximate surface area is 106 Å². The summed E-state index contributed by atoms with van der Waals surface area (Å²) < 4.78 is 1.63. The number of imidazole rings is 1. The van der Waals surface area contributed by atoms with Crippen LogP contribution in [0.2, 0.25) is 0 Å². The third-order valence-corrected chi connectivity index (χ3v) is 2.45. The quantitative estimate of drug-likeness (QED) is 0.723. The number of anilines is 1. The monoisotopic (exact) mass is 248 g/mol. The molecule has 0 aliphatic heterocycles. The maximum atomic E-state index is 11.2.